The Morgan fingerprint density at radius 2 is 1.69 bits per heavy atom. The van der Waals surface area contributed by atoms with E-state index < -0.39 is 6.04 Å². The molecule has 5 rings (SSSR count). The Bertz CT molecular complexity index is 1470. The fraction of sp³-hybridized carbons (Fsp3) is 0.179. The highest BCUT2D eigenvalue weighted by molar-refractivity contribution is 6.30. The molecule has 0 N–H and O–H groups in total. The van der Waals surface area contributed by atoms with Crippen LogP contribution in [0.5, 0.6) is 17.2 Å². The number of rotatable bonds is 6. The van der Waals surface area contributed by atoms with Crippen LogP contribution < -0.4 is 14.2 Å². The van der Waals surface area contributed by atoms with Crippen molar-refractivity contribution in [2.75, 3.05) is 21.3 Å². The topological polar surface area (TPSA) is 73.2 Å². The first-order valence-corrected chi connectivity index (χ1v) is 11.7. The molecule has 1 aromatic heterocycles. The number of pyridine rings is 1. The minimum Gasteiger partial charge on any atom is -0.497 e. The van der Waals surface area contributed by atoms with Crippen LogP contribution >= 0.6 is 11.6 Å². The summed E-state index contributed by atoms with van der Waals surface area (Å²) in [5, 5.41) is 7.47. The molecule has 0 spiro atoms. The van der Waals surface area contributed by atoms with Gasteiger partial charge in [0.2, 0.25) is 0 Å². The fourth-order valence-electron chi connectivity index (χ4n) is 4.34. The molecule has 0 saturated carbocycles. The smallest absolute Gasteiger partial charge is 0.274 e. The molecule has 36 heavy (non-hydrogen) atoms. The average Bonchev–Trinajstić information content (AvgIpc) is 3.37. The van der Waals surface area contributed by atoms with E-state index in [1.54, 1.807) is 33.5 Å². The Labute approximate surface area is 213 Å². The van der Waals surface area contributed by atoms with Crippen LogP contribution in [0.1, 0.15) is 33.9 Å². The normalized spacial score (nSPS) is 15.1. The minimum atomic E-state index is -0.438. The standard InChI is InChI=1S/C28H24ClN3O4/c1-34-20-11-9-18-13-21(27(29)30-22(18)15-20)24-16-23(19-10-12-25(35-2)26(14-19)36-3)31-32(24)28(33)17-7-5-4-6-8-17/h4-15,24H,16H2,1-3H3/t24-/m0/s1. The Hall–Kier alpha value is -4.10. The van der Waals surface area contributed by atoms with Crippen molar-refractivity contribution >= 4 is 34.1 Å². The predicted octanol–water partition coefficient (Wildman–Crippen LogP) is 5.91. The van der Waals surface area contributed by atoms with Gasteiger partial charge in [0, 0.05) is 34.6 Å². The van der Waals surface area contributed by atoms with Crippen LogP contribution in [0, 0.1) is 0 Å². The van der Waals surface area contributed by atoms with Crippen molar-refractivity contribution in [1.82, 2.24) is 9.99 Å². The summed E-state index contributed by atoms with van der Waals surface area (Å²) in [5.74, 6) is 1.67. The highest BCUT2D eigenvalue weighted by Gasteiger charge is 2.35. The third kappa shape index (κ3) is 4.33. The van der Waals surface area contributed by atoms with Crippen LogP contribution in [0.15, 0.2) is 77.9 Å². The van der Waals surface area contributed by atoms with Crippen LogP contribution in [-0.4, -0.2) is 42.9 Å². The Kier molecular flexibility index (Phi) is 6.48. The van der Waals surface area contributed by atoms with Gasteiger partial charge >= 0.3 is 0 Å². The summed E-state index contributed by atoms with van der Waals surface area (Å²) < 4.78 is 16.2. The first-order valence-electron chi connectivity index (χ1n) is 11.3. The molecule has 7 nitrogen and oxygen atoms in total. The second kappa shape index (κ2) is 9.87. The largest absolute Gasteiger partial charge is 0.497 e. The van der Waals surface area contributed by atoms with Gasteiger partial charge in [0.25, 0.3) is 5.91 Å². The predicted molar refractivity (Wildman–Crippen MR) is 139 cm³/mol. The molecule has 3 aromatic carbocycles. The van der Waals surface area contributed by atoms with Gasteiger partial charge in [0.05, 0.1) is 38.6 Å². The number of hydrogen-bond acceptors (Lipinski definition) is 6. The third-order valence-corrected chi connectivity index (χ3v) is 6.52. The molecule has 182 valence electrons. The SMILES string of the molecule is COc1ccc2cc([C@@H]3CC(c4ccc(OC)c(OC)c4)=NN3C(=O)c3ccccc3)c(Cl)nc2c1. The maximum Gasteiger partial charge on any atom is 0.274 e. The fourth-order valence-corrected chi connectivity index (χ4v) is 4.62. The monoisotopic (exact) mass is 501 g/mol. The van der Waals surface area contributed by atoms with Crippen molar-refractivity contribution in [3.05, 3.63) is 94.6 Å². The molecule has 1 aliphatic heterocycles. The molecule has 0 bridgehead atoms. The van der Waals surface area contributed by atoms with Gasteiger partial charge in [-0.05, 0) is 48.5 Å². The van der Waals surface area contributed by atoms with Crippen molar-refractivity contribution in [1.29, 1.82) is 0 Å². The van der Waals surface area contributed by atoms with Gasteiger partial charge in [-0.3, -0.25) is 4.79 Å². The molecule has 0 unspecified atom stereocenters. The summed E-state index contributed by atoms with van der Waals surface area (Å²) in [6.45, 7) is 0. The first kappa shape index (κ1) is 23.6. The van der Waals surface area contributed by atoms with E-state index in [-0.39, 0.29) is 5.91 Å². The van der Waals surface area contributed by atoms with E-state index in [4.69, 9.17) is 30.9 Å². The van der Waals surface area contributed by atoms with Crippen LogP contribution in [0.4, 0.5) is 0 Å². The highest BCUT2D eigenvalue weighted by Crippen LogP contribution is 2.39. The van der Waals surface area contributed by atoms with Crippen molar-refractivity contribution in [2.45, 2.75) is 12.5 Å². The minimum absolute atomic E-state index is 0.220. The zero-order valence-electron chi connectivity index (χ0n) is 20.1. The number of carbonyl (C=O) groups excluding carboxylic acids is 1. The lowest BCUT2D eigenvalue weighted by Gasteiger charge is -2.23. The van der Waals surface area contributed by atoms with Gasteiger partial charge in [0.15, 0.2) is 11.5 Å². The second-order valence-corrected chi connectivity index (χ2v) is 8.64. The number of hydrazone groups is 1. The van der Waals surface area contributed by atoms with Crippen molar-refractivity contribution in [2.24, 2.45) is 5.10 Å². The number of carbonyl (C=O) groups is 1. The van der Waals surface area contributed by atoms with Gasteiger partial charge in [-0.25, -0.2) is 9.99 Å². The molecule has 0 aliphatic carbocycles. The molecule has 1 amide bonds. The van der Waals surface area contributed by atoms with E-state index in [9.17, 15) is 4.79 Å². The van der Waals surface area contributed by atoms with Crippen LogP contribution in [0.2, 0.25) is 5.15 Å². The number of benzene rings is 3. The van der Waals surface area contributed by atoms with E-state index >= 15 is 0 Å². The summed E-state index contributed by atoms with van der Waals surface area (Å²) in [7, 11) is 4.78. The number of nitrogens with zero attached hydrogens (tertiary/aromatic N) is 3. The second-order valence-electron chi connectivity index (χ2n) is 8.28. The Morgan fingerprint density at radius 3 is 2.42 bits per heavy atom. The number of fused-ring (bicyclic) bond motifs is 1. The van der Waals surface area contributed by atoms with E-state index in [0.29, 0.717) is 39.9 Å². The van der Waals surface area contributed by atoms with Gasteiger partial charge in [0.1, 0.15) is 10.9 Å². The van der Waals surface area contributed by atoms with Gasteiger partial charge in [-0.2, -0.15) is 5.10 Å². The molecular weight excluding hydrogens is 478 g/mol. The van der Waals surface area contributed by atoms with Crippen LogP contribution in [0.3, 0.4) is 0 Å². The van der Waals surface area contributed by atoms with Crippen LogP contribution in [-0.2, 0) is 0 Å². The van der Waals surface area contributed by atoms with E-state index in [1.165, 1.54) is 5.01 Å². The van der Waals surface area contributed by atoms with E-state index in [2.05, 4.69) is 4.98 Å². The number of halogens is 1. The highest BCUT2D eigenvalue weighted by atomic mass is 35.5. The van der Waals surface area contributed by atoms with Crippen molar-refractivity contribution < 1.29 is 19.0 Å². The lowest BCUT2D eigenvalue weighted by atomic mass is 9.97. The molecule has 0 radical (unpaired) electrons. The zero-order valence-corrected chi connectivity index (χ0v) is 20.8. The molecule has 8 heteroatoms. The first-order chi connectivity index (χ1) is 17.5. The summed E-state index contributed by atoms with van der Waals surface area (Å²) >= 11 is 6.70. The Morgan fingerprint density at radius 1 is 0.917 bits per heavy atom. The van der Waals surface area contributed by atoms with E-state index in [1.807, 2.05) is 60.7 Å². The summed E-state index contributed by atoms with van der Waals surface area (Å²) in [5.41, 5.74) is 3.53. The van der Waals surface area contributed by atoms with Crippen molar-refractivity contribution in [3.8, 4) is 17.2 Å². The summed E-state index contributed by atoms with van der Waals surface area (Å²) in [6.07, 6.45) is 0.455. The number of ether oxygens (including phenoxy) is 3. The average molecular weight is 502 g/mol. The third-order valence-electron chi connectivity index (χ3n) is 6.22. The van der Waals surface area contributed by atoms with Gasteiger partial charge < -0.3 is 14.2 Å². The van der Waals surface area contributed by atoms with Gasteiger partial charge in [-0.1, -0.05) is 29.8 Å². The maximum atomic E-state index is 13.6. The van der Waals surface area contributed by atoms with Crippen molar-refractivity contribution in [3.63, 3.8) is 0 Å². The molecule has 0 fully saturated rings. The summed E-state index contributed by atoms with van der Waals surface area (Å²) in [4.78, 5) is 18.2. The lowest BCUT2D eigenvalue weighted by molar-refractivity contribution is 0.0711. The molecular formula is C28H24ClN3O4. The lowest BCUT2D eigenvalue weighted by Crippen LogP contribution is -2.27. The summed E-state index contributed by atoms with van der Waals surface area (Å²) in [6, 6.07) is 21.8. The maximum absolute atomic E-state index is 13.6. The molecule has 0 saturated heterocycles. The molecule has 1 aliphatic rings. The number of aromatic nitrogens is 1. The number of hydrogen-bond donors (Lipinski definition) is 0. The molecule has 1 atom stereocenters. The quantitative estimate of drug-likeness (QED) is 0.307. The van der Waals surface area contributed by atoms with E-state index in [0.717, 1.165) is 22.2 Å². The molecule has 2 heterocycles. The van der Waals surface area contributed by atoms with Gasteiger partial charge in [-0.15, -0.1) is 0 Å². The Balaban J connectivity index is 1.59. The molecule has 4 aromatic rings. The number of methoxy groups -OCH3 is 3. The zero-order chi connectivity index (χ0) is 25.2. The number of amides is 1. The van der Waals surface area contributed by atoms with Crippen LogP contribution in [0.25, 0.3) is 10.9 Å².